The molecule has 1 aliphatic heterocycles. The van der Waals surface area contributed by atoms with Gasteiger partial charge in [-0.2, -0.15) is 0 Å². The maximum atomic E-state index is 6.13. The summed E-state index contributed by atoms with van der Waals surface area (Å²) in [6.45, 7) is 4.31. The molecule has 1 nitrogen and oxygen atoms in total. The molecule has 2 heteroatoms. The Morgan fingerprint density at radius 2 is 1.86 bits per heavy atom. The first-order chi connectivity index (χ1) is 6.74. The zero-order valence-corrected chi connectivity index (χ0v) is 9.85. The Balaban J connectivity index is 1.86. The first-order valence-electron chi connectivity index (χ1n) is 5.88. The normalized spacial score (nSPS) is 28.7. The Morgan fingerprint density at radius 1 is 1.21 bits per heavy atom. The van der Waals surface area contributed by atoms with Crippen LogP contribution in [0.15, 0.2) is 0 Å². The monoisotopic (exact) mass is 216 g/mol. The third-order valence-electron chi connectivity index (χ3n) is 3.96. The van der Waals surface area contributed by atoms with Gasteiger partial charge >= 0.3 is 0 Å². The molecule has 1 saturated carbocycles. The van der Waals surface area contributed by atoms with Crippen molar-refractivity contribution >= 4 is 11.6 Å². The SMILES string of the molecule is CC(CCl)(CC1CCOCC1)C1CC1. The molecule has 1 atom stereocenters. The van der Waals surface area contributed by atoms with E-state index in [1.165, 1.54) is 32.1 Å². The van der Waals surface area contributed by atoms with Crippen LogP contribution in [0, 0.1) is 17.3 Å². The van der Waals surface area contributed by atoms with Crippen molar-refractivity contribution in [3.8, 4) is 0 Å². The van der Waals surface area contributed by atoms with Gasteiger partial charge in [-0.05, 0) is 49.4 Å². The predicted octanol–water partition coefficient (Wildman–Crippen LogP) is 3.46. The van der Waals surface area contributed by atoms with Crippen molar-refractivity contribution in [1.29, 1.82) is 0 Å². The molecule has 0 radical (unpaired) electrons. The van der Waals surface area contributed by atoms with Gasteiger partial charge in [-0.25, -0.2) is 0 Å². The van der Waals surface area contributed by atoms with E-state index in [0.717, 1.165) is 30.9 Å². The molecular formula is C12H21ClO. The van der Waals surface area contributed by atoms with Gasteiger partial charge in [-0.1, -0.05) is 6.92 Å². The van der Waals surface area contributed by atoms with Gasteiger partial charge in [0, 0.05) is 19.1 Å². The Bertz CT molecular complexity index is 185. The Hall–Kier alpha value is 0.250. The van der Waals surface area contributed by atoms with Crippen molar-refractivity contribution in [1.82, 2.24) is 0 Å². The molecule has 1 heterocycles. The summed E-state index contributed by atoms with van der Waals surface area (Å²) in [6.07, 6.45) is 6.64. The summed E-state index contributed by atoms with van der Waals surface area (Å²) in [7, 11) is 0. The van der Waals surface area contributed by atoms with Crippen LogP contribution in [0.3, 0.4) is 0 Å². The van der Waals surface area contributed by atoms with Gasteiger partial charge in [0.25, 0.3) is 0 Å². The molecule has 0 aromatic rings. The second-order valence-corrected chi connectivity index (χ2v) is 5.59. The molecule has 0 spiro atoms. The molecule has 14 heavy (non-hydrogen) atoms. The second-order valence-electron chi connectivity index (χ2n) is 5.32. The van der Waals surface area contributed by atoms with E-state index in [9.17, 15) is 0 Å². The van der Waals surface area contributed by atoms with Crippen molar-refractivity contribution in [3.05, 3.63) is 0 Å². The summed E-state index contributed by atoms with van der Waals surface area (Å²) in [5.41, 5.74) is 0.420. The van der Waals surface area contributed by atoms with Gasteiger partial charge in [0.15, 0.2) is 0 Å². The van der Waals surface area contributed by atoms with E-state index in [2.05, 4.69) is 6.92 Å². The zero-order chi connectivity index (χ0) is 10.0. The number of hydrogen-bond acceptors (Lipinski definition) is 1. The third-order valence-corrected chi connectivity index (χ3v) is 4.57. The fourth-order valence-corrected chi connectivity index (χ4v) is 3.05. The largest absolute Gasteiger partial charge is 0.381 e. The Morgan fingerprint density at radius 3 is 2.36 bits per heavy atom. The van der Waals surface area contributed by atoms with Gasteiger partial charge in [0.1, 0.15) is 0 Å². The molecule has 2 fully saturated rings. The first kappa shape index (κ1) is 10.8. The summed E-state index contributed by atoms with van der Waals surface area (Å²) in [5.74, 6) is 2.63. The molecular weight excluding hydrogens is 196 g/mol. The van der Waals surface area contributed by atoms with E-state index in [4.69, 9.17) is 16.3 Å². The number of halogens is 1. The number of alkyl halides is 1. The van der Waals surface area contributed by atoms with Crippen molar-refractivity contribution in [2.45, 2.75) is 39.0 Å². The van der Waals surface area contributed by atoms with E-state index in [1.807, 2.05) is 0 Å². The lowest BCUT2D eigenvalue weighted by Gasteiger charge is -2.33. The summed E-state index contributed by atoms with van der Waals surface area (Å²) in [5, 5.41) is 0. The summed E-state index contributed by atoms with van der Waals surface area (Å²) < 4.78 is 5.39. The van der Waals surface area contributed by atoms with Gasteiger partial charge < -0.3 is 4.74 Å². The highest BCUT2D eigenvalue weighted by molar-refractivity contribution is 6.18. The van der Waals surface area contributed by atoms with Crippen LogP contribution >= 0.6 is 11.6 Å². The van der Waals surface area contributed by atoms with E-state index >= 15 is 0 Å². The first-order valence-corrected chi connectivity index (χ1v) is 6.42. The molecule has 2 rings (SSSR count). The average molecular weight is 217 g/mol. The standard InChI is InChI=1S/C12H21ClO/c1-12(9-13,11-2-3-11)8-10-4-6-14-7-5-10/h10-11H,2-9H2,1H3. The van der Waals surface area contributed by atoms with E-state index in [0.29, 0.717) is 5.41 Å². The van der Waals surface area contributed by atoms with E-state index in [1.54, 1.807) is 0 Å². The van der Waals surface area contributed by atoms with Crippen LogP contribution in [-0.2, 0) is 4.74 Å². The Labute approximate surface area is 92.2 Å². The van der Waals surface area contributed by atoms with E-state index in [-0.39, 0.29) is 0 Å². The topological polar surface area (TPSA) is 9.23 Å². The van der Waals surface area contributed by atoms with Gasteiger partial charge in [0.2, 0.25) is 0 Å². The molecule has 1 unspecified atom stereocenters. The van der Waals surface area contributed by atoms with Gasteiger partial charge in [-0.15, -0.1) is 11.6 Å². The molecule has 2 aliphatic rings. The van der Waals surface area contributed by atoms with Crippen molar-refractivity contribution in [2.75, 3.05) is 19.1 Å². The fourth-order valence-electron chi connectivity index (χ4n) is 2.72. The lowest BCUT2D eigenvalue weighted by atomic mass is 9.76. The average Bonchev–Trinajstić information content (AvgIpc) is 3.03. The van der Waals surface area contributed by atoms with Crippen LogP contribution in [0.5, 0.6) is 0 Å². The minimum Gasteiger partial charge on any atom is -0.381 e. The fraction of sp³-hybridized carbons (Fsp3) is 1.00. The molecule has 82 valence electrons. The second kappa shape index (κ2) is 4.40. The highest BCUT2D eigenvalue weighted by Gasteiger charge is 2.42. The maximum Gasteiger partial charge on any atom is 0.0468 e. The quantitative estimate of drug-likeness (QED) is 0.654. The molecule has 0 amide bonds. The minimum absolute atomic E-state index is 0.420. The van der Waals surface area contributed by atoms with Crippen LogP contribution < -0.4 is 0 Å². The van der Waals surface area contributed by atoms with Crippen LogP contribution in [0.25, 0.3) is 0 Å². The van der Waals surface area contributed by atoms with Crippen molar-refractivity contribution < 1.29 is 4.74 Å². The third kappa shape index (κ3) is 2.43. The lowest BCUT2D eigenvalue weighted by molar-refractivity contribution is 0.0488. The maximum absolute atomic E-state index is 6.13. The molecule has 0 aromatic carbocycles. The molecule has 1 aliphatic carbocycles. The summed E-state index contributed by atoms with van der Waals surface area (Å²) in [4.78, 5) is 0. The lowest BCUT2D eigenvalue weighted by Crippen LogP contribution is -2.28. The summed E-state index contributed by atoms with van der Waals surface area (Å²) >= 11 is 6.13. The Kier molecular flexibility index (Phi) is 3.38. The van der Waals surface area contributed by atoms with Gasteiger partial charge in [0.05, 0.1) is 0 Å². The zero-order valence-electron chi connectivity index (χ0n) is 9.10. The smallest absolute Gasteiger partial charge is 0.0468 e. The molecule has 0 N–H and O–H groups in total. The number of ether oxygens (including phenoxy) is 1. The highest BCUT2D eigenvalue weighted by Crippen LogP contribution is 2.50. The minimum atomic E-state index is 0.420. The van der Waals surface area contributed by atoms with Crippen LogP contribution in [0.1, 0.15) is 39.0 Å². The van der Waals surface area contributed by atoms with Crippen LogP contribution in [0.4, 0.5) is 0 Å². The molecule has 0 aromatic heterocycles. The van der Waals surface area contributed by atoms with E-state index < -0.39 is 0 Å². The number of hydrogen-bond donors (Lipinski definition) is 0. The van der Waals surface area contributed by atoms with Crippen LogP contribution in [-0.4, -0.2) is 19.1 Å². The van der Waals surface area contributed by atoms with Crippen molar-refractivity contribution in [3.63, 3.8) is 0 Å². The van der Waals surface area contributed by atoms with Gasteiger partial charge in [-0.3, -0.25) is 0 Å². The predicted molar refractivity (Wildman–Crippen MR) is 59.7 cm³/mol. The number of rotatable bonds is 4. The van der Waals surface area contributed by atoms with Crippen LogP contribution in [0.2, 0.25) is 0 Å². The molecule has 0 bridgehead atoms. The molecule has 1 saturated heterocycles. The highest BCUT2D eigenvalue weighted by atomic mass is 35.5. The summed E-state index contributed by atoms with van der Waals surface area (Å²) in [6, 6.07) is 0. The van der Waals surface area contributed by atoms with Crippen molar-refractivity contribution in [2.24, 2.45) is 17.3 Å².